The number of rotatable bonds is 13. The molecule has 0 bridgehead atoms. The molecule has 2 heterocycles. The van der Waals surface area contributed by atoms with Crippen molar-refractivity contribution in [2.24, 2.45) is 0 Å². The van der Waals surface area contributed by atoms with Gasteiger partial charge in [-0.25, -0.2) is 9.59 Å². The topological polar surface area (TPSA) is 212 Å². The molecule has 2 aromatic carbocycles. The Labute approximate surface area is 304 Å². The van der Waals surface area contributed by atoms with Crippen molar-refractivity contribution in [1.29, 1.82) is 0 Å². The normalized spacial score (nSPS) is 26.5. The summed E-state index contributed by atoms with van der Waals surface area (Å²) in [5.41, 5.74) is 0.386. The molecular formula is C36H40O17. The van der Waals surface area contributed by atoms with Crippen LogP contribution in [0.2, 0.25) is 0 Å². The molecular weight excluding hydrogens is 704 g/mol. The molecule has 2 aromatic rings. The third-order valence-corrected chi connectivity index (χ3v) is 7.69. The van der Waals surface area contributed by atoms with Crippen molar-refractivity contribution in [3.63, 3.8) is 0 Å². The third-order valence-electron chi connectivity index (χ3n) is 7.69. The number of ether oxygens (including phenoxy) is 10. The van der Waals surface area contributed by atoms with Gasteiger partial charge in [0, 0.05) is 41.0 Å². The highest BCUT2D eigenvalue weighted by molar-refractivity contribution is 5.90. The van der Waals surface area contributed by atoms with E-state index in [1.165, 1.54) is 24.3 Å². The minimum Gasteiger partial charge on any atom is -0.463 e. The van der Waals surface area contributed by atoms with E-state index in [2.05, 4.69) is 0 Å². The second-order valence-corrected chi connectivity index (χ2v) is 11.9. The lowest BCUT2D eigenvalue weighted by molar-refractivity contribution is -0.341. The number of carbonyl (C=O) groups excluding carboxylic acids is 7. The zero-order valence-corrected chi connectivity index (χ0v) is 29.5. The van der Waals surface area contributed by atoms with E-state index in [0.717, 1.165) is 34.6 Å². The van der Waals surface area contributed by atoms with Gasteiger partial charge in [0.25, 0.3) is 0 Å². The molecule has 0 radical (unpaired) electrons. The monoisotopic (exact) mass is 744 g/mol. The fourth-order valence-electron chi connectivity index (χ4n) is 5.57. The first-order chi connectivity index (χ1) is 25.2. The molecule has 4 rings (SSSR count). The number of benzene rings is 2. The van der Waals surface area contributed by atoms with E-state index >= 15 is 0 Å². The zero-order chi connectivity index (χ0) is 38.7. The average molecular weight is 745 g/mol. The molecule has 0 aliphatic carbocycles. The van der Waals surface area contributed by atoms with E-state index in [4.69, 9.17) is 47.4 Å². The van der Waals surface area contributed by atoms with Gasteiger partial charge in [0.2, 0.25) is 6.29 Å². The van der Waals surface area contributed by atoms with Crippen molar-refractivity contribution >= 4 is 41.8 Å². The molecule has 2 aliphatic rings. The predicted octanol–water partition coefficient (Wildman–Crippen LogP) is 2.22. The summed E-state index contributed by atoms with van der Waals surface area (Å²) in [4.78, 5) is 86.9. The van der Waals surface area contributed by atoms with Crippen LogP contribution in [-0.2, 0) is 71.3 Å². The Morgan fingerprint density at radius 1 is 0.509 bits per heavy atom. The molecule has 17 nitrogen and oxygen atoms in total. The maximum absolute atomic E-state index is 13.2. The van der Waals surface area contributed by atoms with Gasteiger partial charge >= 0.3 is 41.8 Å². The summed E-state index contributed by atoms with van der Waals surface area (Å²) in [6.07, 6.45) is -13.3. The van der Waals surface area contributed by atoms with Crippen LogP contribution >= 0.6 is 0 Å². The second-order valence-electron chi connectivity index (χ2n) is 11.9. The Bertz CT molecular complexity index is 1610. The molecule has 53 heavy (non-hydrogen) atoms. The Morgan fingerprint density at radius 3 is 1.55 bits per heavy atom. The minimum atomic E-state index is -1.67. The van der Waals surface area contributed by atoms with Crippen molar-refractivity contribution in [2.75, 3.05) is 13.2 Å². The number of hydrogen-bond donors (Lipinski definition) is 0. The summed E-state index contributed by atoms with van der Waals surface area (Å²) in [5, 5.41) is 0. The van der Waals surface area contributed by atoms with Gasteiger partial charge in [0.1, 0.15) is 25.4 Å². The van der Waals surface area contributed by atoms with Crippen molar-refractivity contribution in [1.82, 2.24) is 0 Å². The largest absolute Gasteiger partial charge is 0.463 e. The van der Waals surface area contributed by atoms with E-state index in [9.17, 15) is 33.6 Å². The Morgan fingerprint density at radius 2 is 1.00 bits per heavy atom. The Kier molecular flexibility index (Phi) is 14.4. The Balaban J connectivity index is 1.72. The van der Waals surface area contributed by atoms with Crippen molar-refractivity contribution in [3.8, 4) is 0 Å². The molecule has 0 N–H and O–H groups in total. The molecule has 0 unspecified atom stereocenters. The number of carbonyl (C=O) groups is 7. The number of esters is 7. The van der Waals surface area contributed by atoms with Gasteiger partial charge < -0.3 is 47.4 Å². The van der Waals surface area contributed by atoms with E-state index < -0.39 is 110 Å². The third kappa shape index (κ3) is 11.8. The highest BCUT2D eigenvalue weighted by atomic mass is 16.8. The van der Waals surface area contributed by atoms with Gasteiger partial charge in [-0.2, -0.15) is 0 Å². The fraction of sp³-hybridized carbons (Fsp3) is 0.472. The predicted molar refractivity (Wildman–Crippen MR) is 174 cm³/mol. The lowest BCUT2D eigenvalue weighted by Crippen LogP contribution is -2.64. The van der Waals surface area contributed by atoms with Gasteiger partial charge in [0.15, 0.2) is 30.7 Å². The smallest absolute Gasteiger partial charge is 0.338 e. The maximum atomic E-state index is 13.2. The maximum Gasteiger partial charge on any atom is 0.338 e. The van der Waals surface area contributed by atoms with Crippen molar-refractivity contribution < 1.29 is 80.9 Å². The first-order valence-electron chi connectivity index (χ1n) is 16.5. The van der Waals surface area contributed by atoms with Crippen LogP contribution in [0.5, 0.6) is 0 Å². The van der Waals surface area contributed by atoms with Gasteiger partial charge in [-0.05, 0) is 24.3 Å². The van der Waals surface area contributed by atoms with Crippen LogP contribution in [-0.4, -0.2) is 110 Å². The summed E-state index contributed by atoms with van der Waals surface area (Å²) in [5.74, 6) is -5.60. The van der Waals surface area contributed by atoms with Gasteiger partial charge in [0.05, 0.1) is 17.2 Å². The standard InChI is InChI=1S/C36H40O17/c1-19(37)44-18-29-30(46-20(2)38)31(47-21(3)39)32(48-22(4)40)36(53-29)51-26-16-27(50-34(43)25-14-10-7-11-15-25)35(49-23(5)41)52-28(26)17-45-33(42)24-12-8-6-9-13-24/h6-15,26-32,35-36H,16-18H2,1-5H3/t26-,27-,28+,29+,30-,31-,32+,35-,36+/m0/s1. The molecule has 9 atom stereocenters. The summed E-state index contributed by atoms with van der Waals surface area (Å²) in [6.45, 7) is 4.42. The number of hydrogen-bond acceptors (Lipinski definition) is 17. The molecule has 2 aliphatic heterocycles. The van der Waals surface area contributed by atoms with E-state index in [0.29, 0.717) is 0 Å². The van der Waals surface area contributed by atoms with Crippen LogP contribution in [0.3, 0.4) is 0 Å². The second kappa shape index (κ2) is 18.9. The van der Waals surface area contributed by atoms with Crippen LogP contribution in [0.4, 0.5) is 0 Å². The summed E-state index contributed by atoms with van der Waals surface area (Å²) >= 11 is 0. The van der Waals surface area contributed by atoms with Crippen LogP contribution in [0, 0.1) is 0 Å². The average Bonchev–Trinajstić information content (AvgIpc) is 3.10. The lowest BCUT2D eigenvalue weighted by Gasteiger charge is -2.46. The molecule has 2 fully saturated rings. The highest BCUT2D eigenvalue weighted by Gasteiger charge is 2.55. The first-order valence-corrected chi connectivity index (χ1v) is 16.5. The van der Waals surface area contributed by atoms with Crippen LogP contribution in [0.1, 0.15) is 61.8 Å². The molecule has 0 spiro atoms. The zero-order valence-electron chi connectivity index (χ0n) is 29.5. The van der Waals surface area contributed by atoms with Crippen LogP contribution in [0.25, 0.3) is 0 Å². The molecule has 0 saturated carbocycles. The van der Waals surface area contributed by atoms with E-state index in [1.54, 1.807) is 36.4 Å². The minimum absolute atomic E-state index is 0.171. The lowest BCUT2D eigenvalue weighted by atomic mass is 9.97. The molecule has 0 amide bonds. The van der Waals surface area contributed by atoms with Crippen molar-refractivity contribution in [3.05, 3.63) is 71.8 Å². The van der Waals surface area contributed by atoms with Gasteiger partial charge in [-0.1, -0.05) is 36.4 Å². The van der Waals surface area contributed by atoms with Gasteiger partial charge in [-0.3, -0.25) is 24.0 Å². The Hall–Kier alpha value is -5.39. The molecule has 17 heteroatoms. The van der Waals surface area contributed by atoms with Crippen LogP contribution < -0.4 is 0 Å². The van der Waals surface area contributed by atoms with E-state index in [-0.39, 0.29) is 17.5 Å². The summed E-state index contributed by atoms with van der Waals surface area (Å²) in [7, 11) is 0. The quantitative estimate of drug-likeness (QED) is 0.212. The van der Waals surface area contributed by atoms with Crippen LogP contribution in [0.15, 0.2) is 60.7 Å². The summed E-state index contributed by atoms with van der Waals surface area (Å²) in [6, 6.07) is 16.0. The van der Waals surface area contributed by atoms with Gasteiger partial charge in [-0.15, -0.1) is 0 Å². The van der Waals surface area contributed by atoms with E-state index in [1.807, 2.05) is 0 Å². The highest BCUT2D eigenvalue weighted by Crippen LogP contribution is 2.34. The first kappa shape index (κ1) is 40.4. The molecule has 0 aromatic heterocycles. The fourth-order valence-corrected chi connectivity index (χ4v) is 5.57. The molecule has 286 valence electrons. The summed E-state index contributed by atoms with van der Waals surface area (Å²) < 4.78 is 56.7. The SMILES string of the molecule is CC(=O)OC[C@H]1O[C@@H](O[C@H]2C[C@H](OC(=O)c3ccccc3)[C@@H](OC(C)=O)O[C@@H]2COC(=O)c2ccccc2)[C@H](OC(C)=O)[C@@H](OC(C)=O)[C@H]1OC(C)=O. The van der Waals surface area contributed by atoms with Crippen molar-refractivity contribution in [2.45, 2.75) is 96.3 Å². The molecule has 2 saturated heterocycles.